The fraction of sp³-hybridized carbons (Fsp3) is 0.312. The van der Waals surface area contributed by atoms with Crippen LogP contribution in [0.2, 0.25) is 0 Å². The van der Waals surface area contributed by atoms with Crippen molar-refractivity contribution in [3.63, 3.8) is 0 Å². The second-order valence-electron chi connectivity index (χ2n) is 5.22. The van der Waals surface area contributed by atoms with Crippen LogP contribution in [0.15, 0.2) is 39.5 Å². The van der Waals surface area contributed by atoms with E-state index in [4.69, 9.17) is 13.7 Å². The lowest BCUT2D eigenvalue weighted by Gasteiger charge is -2.04. The highest BCUT2D eigenvalue weighted by Gasteiger charge is 2.14. The van der Waals surface area contributed by atoms with Gasteiger partial charge in [0.1, 0.15) is 11.5 Å². The van der Waals surface area contributed by atoms with Gasteiger partial charge in [-0.25, -0.2) is 0 Å². The first-order chi connectivity index (χ1) is 11.7. The molecular formula is C16H18N4O4. The fourth-order valence-corrected chi connectivity index (χ4v) is 2.26. The van der Waals surface area contributed by atoms with Crippen molar-refractivity contribution in [2.45, 2.75) is 20.0 Å². The molecule has 126 valence electrons. The van der Waals surface area contributed by atoms with Crippen molar-refractivity contribution < 1.29 is 18.5 Å². The Bertz CT molecular complexity index is 804. The molecule has 0 spiro atoms. The summed E-state index contributed by atoms with van der Waals surface area (Å²) in [6.07, 6.45) is 1.61. The second-order valence-corrected chi connectivity index (χ2v) is 5.22. The molecular weight excluding hydrogens is 312 g/mol. The van der Waals surface area contributed by atoms with Crippen molar-refractivity contribution in [3.8, 4) is 11.5 Å². The zero-order valence-corrected chi connectivity index (χ0v) is 13.5. The largest absolute Gasteiger partial charge is 0.463 e. The minimum absolute atomic E-state index is 0.248. The van der Waals surface area contributed by atoms with Gasteiger partial charge in [-0.05, 0) is 25.1 Å². The third kappa shape index (κ3) is 3.54. The highest BCUT2D eigenvalue weighted by molar-refractivity contribution is 5.92. The summed E-state index contributed by atoms with van der Waals surface area (Å²) in [7, 11) is 1.64. The molecule has 8 nitrogen and oxygen atoms in total. The average molecular weight is 330 g/mol. The third-order valence-electron chi connectivity index (χ3n) is 3.40. The highest BCUT2D eigenvalue weighted by Crippen LogP contribution is 2.21. The summed E-state index contributed by atoms with van der Waals surface area (Å²) in [6, 6.07) is 7.14. The number of aryl methyl sites for hydroxylation is 1. The molecule has 24 heavy (non-hydrogen) atoms. The van der Waals surface area contributed by atoms with Crippen LogP contribution in [0.25, 0.3) is 11.5 Å². The van der Waals surface area contributed by atoms with Gasteiger partial charge >= 0.3 is 0 Å². The number of nitrogens with one attached hydrogen (secondary N) is 1. The Kier molecular flexibility index (Phi) is 4.76. The number of hydrogen-bond donors (Lipinski definition) is 1. The second kappa shape index (κ2) is 7.14. The minimum atomic E-state index is -0.308. The number of aromatic nitrogens is 3. The molecule has 8 heteroatoms. The first-order valence-electron chi connectivity index (χ1n) is 7.48. The maximum Gasteiger partial charge on any atom is 0.273 e. The standard InChI is InChI=1S/C16H18N4O4/c1-11-8-13(19-24-11)16(21)17-10-12-9-14(15-4-3-6-23-15)20(18-12)5-7-22-2/h3-4,6,8-9H,5,7,10H2,1-2H3,(H,17,21). The quantitative estimate of drug-likeness (QED) is 0.712. The van der Waals surface area contributed by atoms with Gasteiger partial charge in [0.15, 0.2) is 11.5 Å². The topological polar surface area (TPSA) is 95.3 Å². The maximum absolute atomic E-state index is 12.0. The molecule has 3 aromatic rings. The molecule has 0 aliphatic carbocycles. The Labute approximate surface area is 138 Å². The lowest BCUT2D eigenvalue weighted by Crippen LogP contribution is -2.23. The number of carbonyl (C=O) groups is 1. The zero-order valence-electron chi connectivity index (χ0n) is 13.5. The molecule has 0 aliphatic heterocycles. The number of methoxy groups -OCH3 is 1. The normalized spacial score (nSPS) is 10.9. The molecule has 0 saturated carbocycles. The van der Waals surface area contributed by atoms with E-state index in [9.17, 15) is 4.79 Å². The third-order valence-corrected chi connectivity index (χ3v) is 3.40. The maximum atomic E-state index is 12.0. The van der Waals surface area contributed by atoms with Crippen molar-refractivity contribution in [3.05, 3.63) is 47.7 Å². The van der Waals surface area contributed by atoms with Crippen LogP contribution in [-0.4, -0.2) is 34.6 Å². The Hall–Kier alpha value is -2.87. The van der Waals surface area contributed by atoms with Crippen molar-refractivity contribution in [2.24, 2.45) is 0 Å². The van der Waals surface area contributed by atoms with E-state index in [1.54, 1.807) is 31.0 Å². The number of ether oxygens (including phenoxy) is 1. The van der Waals surface area contributed by atoms with E-state index in [1.807, 2.05) is 18.2 Å². The Morgan fingerprint density at radius 3 is 2.96 bits per heavy atom. The molecule has 3 aromatic heterocycles. The van der Waals surface area contributed by atoms with Gasteiger partial charge in [-0.1, -0.05) is 5.16 Å². The molecule has 3 heterocycles. The number of furan rings is 1. The van der Waals surface area contributed by atoms with Gasteiger partial charge in [-0.15, -0.1) is 0 Å². The van der Waals surface area contributed by atoms with Gasteiger partial charge in [0.2, 0.25) is 0 Å². The average Bonchev–Trinajstić information content (AvgIpc) is 3.30. The van der Waals surface area contributed by atoms with Crippen molar-refractivity contribution in [1.29, 1.82) is 0 Å². The van der Waals surface area contributed by atoms with Gasteiger partial charge in [0, 0.05) is 13.2 Å². The molecule has 3 rings (SSSR count). The predicted molar refractivity (Wildman–Crippen MR) is 84.2 cm³/mol. The molecule has 1 amide bonds. The molecule has 0 atom stereocenters. The molecule has 0 bridgehead atoms. The van der Waals surface area contributed by atoms with Crippen molar-refractivity contribution >= 4 is 5.91 Å². The van der Waals surface area contributed by atoms with Crippen LogP contribution in [-0.2, 0) is 17.8 Å². The van der Waals surface area contributed by atoms with Gasteiger partial charge in [-0.3, -0.25) is 9.48 Å². The number of rotatable bonds is 7. The van der Waals surface area contributed by atoms with Gasteiger partial charge in [0.25, 0.3) is 5.91 Å². The summed E-state index contributed by atoms with van der Waals surface area (Å²) < 4.78 is 17.2. The van der Waals surface area contributed by atoms with Gasteiger partial charge < -0.3 is 19.0 Å². The Morgan fingerprint density at radius 1 is 1.42 bits per heavy atom. The van der Waals surface area contributed by atoms with E-state index < -0.39 is 0 Å². The number of nitrogens with zero attached hydrogens (tertiary/aromatic N) is 3. The summed E-state index contributed by atoms with van der Waals surface area (Å²) in [5.41, 5.74) is 1.79. The zero-order chi connectivity index (χ0) is 16.9. The van der Waals surface area contributed by atoms with Gasteiger partial charge in [-0.2, -0.15) is 5.10 Å². The van der Waals surface area contributed by atoms with Gasteiger partial charge in [0.05, 0.1) is 31.7 Å². The van der Waals surface area contributed by atoms with Crippen LogP contribution in [0, 0.1) is 6.92 Å². The van der Waals surface area contributed by atoms with Crippen LogP contribution >= 0.6 is 0 Å². The lowest BCUT2D eigenvalue weighted by atomic mass is 10.3. The Balaban J connectivity index is 1.72. The predicted octanol–water partition coefficient (Wildman–Crippen LogP) is 2.02. The molecule has 0 unspecified atom stereocenters. The summed E-state index contributed by atoms with van der Waals surface area (Å²) in [5.74, 6) is 0.991. The number of amides is 1. The van der Waals surface area contributed by atoms with E-state index in [1.165, 1.54) is 0 Å². The summed E-state index contributed by atoms with van der Waals surface area (Å²) in [4.78, 5) is 12.0. The Morgan fingerprint density at radius 2 is 2.29 bits per heavy atom. The minimum Gasteiger partial charge on any atom is -0.463 e. The molecule has 0 saturated heterocycles. The van der Waals surface area contributed by atoms with Crippen molar-refractivity contribution in [2.75, 3.05) is 13.7 Å². The van der Waals surface area contributed by atoms with E-state index in [-0.39, 0.29) is 18.1 Å². The molecule has 0 aromatic carbocycles. The van der Waals surface area contributed by atoms with E-state index in [0.29, 0.717) is 30.4 Å². The first kappa shape index (κ1) is 16.0. The fourth-order valence-electron chi connectivity index (χ4n) is 2.26. The lowest BCUT2D eigenvalue weighted by molar-refractivity contribution is 0.0941. The first-order valence-corrected chi connectivity index (χ1v) is 7.48. The number of carbonyl (C=O) groups excluding carboxylic acids is 1. The summed E-state index contributed by atoms with van der Waals surface area (Å²) in [5, 5.41) is 11.0. The van der Waals surface area contributed by atoms with Crippen LogP contribution in [0.5, 0.6) is 0 Å². The number of hydrogen-bond acceptors (Lipinski definition) is 6. The summed E-state index contributed by atoms with van der Waals surface area (Å²) >= 11 is 0. The monoisotopic (exact) mass is 330 g/mol. The smallest absolute Gasteiger partial charge is 0.273 e. The van der Waals surface area contributed by atoms with Crippen LogP contribution in [0.1, 0.15) is 21.9 Å². The SMILES string of the molecule is COCCn1nc(CNC(=O)c2cc(C)on2)cc1-c1ccco1. The molecule has 0 radical (unpaired) electrons. The highest BCUT2D eigenvalue weighted by atomic mass is 16.5. The molecule has 1 N–H and O–H groups in total. The van der Waals surface area contributed by atoms with E-state index in [2.05, 4.69) is 15.6 Å². The van der Waals surface area contributed by atoms with Crippen LogP contribution in [0.4, 0.5) is 0 Å². The van der Waals surface area contributed by atoms with Crippen LogP contribution in [0.3, 0.4) is 0 Å². The molecule has 0 fully saturated rings. The molecule has 0 aliphatic rings. The summed E-state index contributed by atoms with van der Waals surface area (Å²) in [6.45, 7) is 3.12. The van der Waals surface area contributed by atoms with E-state index in [0.717, 1.165) is 5.69 Å². The van der Waals surface area contributed by atoms with Crippen molar-refractivity contribution in [1.82, 2.24) is 20.3 Å². The van der Waals surface area contributed by atoms with E-state index >= 15 is 0 Å². The van der Waals surface area contributed by atoms with Crippen LogP contribution < -0.4 is 5.32 Å².